The number of aliphatic hydroxyl groups excluding tert-OH is 1. The van der Waals surface area contributed by atoms with Crippen LogP contribution in [-0.4, -0.2) is 82.8 Å². The molecule has 313 valence electrons. The van der Waals surface area contributed by atoms with Crippen LogP contribution in [-0.2, 0) is 34.4 Å². The van der Waals surface area contributed by atoms with E-state index >= 15 is 0 Å². The van der Waals surface area contributed by atoms with Gasteiger partial charge in [0.15, 0.2) is 0 Å². The zero-order valence-corrected chi connectivity index (χ0v) is 38.7. The van der Waals surface area contributed by atoms with Gasteiger partial charge in [-0.25, -0.2) is 15.0 Å². The maximum Gasteiger partial charge on any atom is 0.239 e. The number of hydrogen-bond donors (Lipinski definition) is 5. The van der Waals surface area contributed by atoms with Crippen molar-refractivity contribution in [1.29, 1.82) is 0 Å². The summed E-state index contributed by atoms with van der Waals surface area (Å²) in [6.07, 6.45) is 12.7. The van der Waals surface area contributed by atoms with Crippen molar-refractivity contribution in [2.24, 2.45) is 26.8 Å². The van der Waals surface area contributed by atoms with E-state index in [1.165, 1.54) is 12.8 Å². The van der Waals surface area contributed by atoms with Crippen molar-refractivity contribution in [2.45, 2.75) is 106 Å². The molecule has 1 aliphatic carbocycles. The maximum atomic E-state index is 13.8. The Morgan fingerprint density at radius 1 is 1.00 bits per heavy atom. The first kappa shape index (κ1) is 45.9. The summed E-state index contributed by atoms with van der Waals surface area (Å²) in [5.74, 6) is 0.887. The van der Waals surface area contributed by atoms with Gasteiger partial charge in [-0.3, -0.25) is 9.59 Å². The van der Waals surface area contributed by atoms with E-state index in [1.807, 2.05) is 6.92 Å². The largest absolute Gasteiger partial charge is 0.511 e. The summed E-state index contributed by atoms with van der Waals surface area (Å²) in [5, 5.41) is 18.1. The monoisotopic (exact) mass is 911 g/mol. The van der Waals surface area contributed by atoms with Crippen LogP contribution in [0.4, 0.5) is 0 Å². The third-order valence-corrected chi connectivity index (χ3v) is 12.5. The molecule has 5 aliphatic heterocycles. The second-order valence-electron chi connectivity index (χ2n) is 15.8. The minimum Gasteiger partial charge on any atom is -0.511 e. The van der Waals surface area contributed by atoms with Gasteiger partial charge in [0.25, 0.3) is 0 Å². The summed E-state index contributed by atoms with van der Waals surface area (Å²) in [4.78, 5) is 43.7. The molecular weight excluding hydrogens is 852 g/mol. The summed E-state index contributed by atoms with van der Waals surface area (Å²) in [7, 11) is 0. The Bertz CT molecular complexity index is 2050. The van der Waals surface area contributed by atoms with E-state index in [4.69, 9.17) is 19.7 Å². The molecule has 6 aliphatic rings. The molecule has 3 atom stereocenters. The number of hydrogen-bond acceptors (Lipinski definition) is 10. The number of thiol groups is 2. The summed E-state index contributed by atoms with van der Waals surface area (Å²) in [6.45, 7) is 16.5. The van der Waals surface area contributed by atoms with Gasteiger partial charge in [-0.1, -0.05) is 40.0 Å². The van der Waals surface area contributed by atoms with E-state index in [0.717, 1.165) is 104 Å². The first-order valence-corrected chi connectivity index (χ1v) is 22.0. The van der Waals surface area contributed by atoms with Crippen molar-refractivity contribution >= 4 is 54.2 Å². The van der Waals surface area contributed by atoms with Crippen molar-refractivity contribution in [3.8, 4) is 0 Å². The van der Waals surface area contributed by atoms with Crippen molar-refractivity contribution in [3.05, 3.63) is 91.5 Å². The zero-order chi connectivity index (χ0) is 41.0. The minimum absolute atomic E-state index is 0. The number of amides is 2. The normalized spacial score (nSPS) is 21.5. The molecule has 1 fully saturated rings. The van der Waals surface area contributed by atoms with E-state index in [1.54, 1.807) is 4.90 Å². The number of nitrogens with one attached hydrogen (secondary N) is 2. The van der Waals surface area contributed by atoms with E-state index in [2.05, 4.69) is 95.7 Å². The van der Waals surface area contributed by atoms with Gasteiger partial charge in [0.05, 0.1) is 46.9 Å². The number of aliphatic imine (C=N–C) groups is 3. The Kier molecular flexibility index (Phi) is 16.1. The molecule has 1 radical (unpaired) electrons. The number of rotatable bonds is 17. The second-order valence-corrected chi connectivity index (χ2v) is 16.6. The second kappa shape index (κ2) is 20.4. The van der Waals surface area contributed by atoms with Crippen LogP contribution in [0.15, 0.2) is 106 Å². The first-order chi connectivity index (χ1) is 27.4. The smallest absolute Gasteiger partial charge is 0.239 e. The fourth-order valence-electron chi connectivity index (χ4n) is 8.78. The number of allylic oxidation sites excluding steroid dienone is 11. The summed E-state index contributed by atoms with van der Waals surface area (Å²) < 4.78 is 6.49. The van der Waals surface area contributed by atoms with Gasteiger partial charge in [0.2, 0.25) is 11.8 Å². The molecule has 3 N–H and O–H groups in total. The van der Waals surface area contributed by atoms with Crippen LogP contribution >= 0.6 is 25.3 Å². The molecule has 58 heavy (non-hydrogen) atoms. The molecule has 0 aromatic carbocycles. The molecular formula is C45H60N6O4S2Tc. The van der Waals surface area contributed by atoms with Crippen molar-refractivity contribution in [1.82, 2.24) is 15.5 Å². The van der Waals surface area contributed by atoms with E-state index in [9.17, 15) is 14.7 Å². The third kappa shape index (κ3) is 9.54. The van der Waals surface area contributed by atoms with Crippen LogP contribution in [0.1, 0.15) is 99.8 Å². The maximum absolute atomic E-state index is 13.8. The van der Waals surface area contributed by atoms with Gasteiger partial charge in [-0.05, 0) is 87.5 Å². The van der Waals surface area contributed by atoms with Gasteiger partial charge < -0.3 is 25.4 Å². The van der Waals surface area contributed by atoms with Gasteiger partial charge in [0.1, 0.15) is 5.76 Å². The van der Waals surface area contributed by atoms with Crippen LogP contribution in [0.2, 0.25) is 0 Å². The summed E-state index contributed by atoms with van der Waals surface area (Å²) >= 11 is 8.57. The van der Waals surface area contributed by atoms with Gasteiger partial charge in [-0.15, -0.1) is 0 Å². The van der Waals surface area contributed by atoms with Crippen molar-refractivity contribution in [2.75, 3.05) is 37.7 Å². The molecule has 5 heterocycles. The number of aliphatic hydroxyl groups is 1. The Balaban J connectivity index is 0.00000641. The van der Waals surface area contributed by atoms with Crippen molar-refractivity contribution in [3.63, 3.8) is 0 Å². The molecule has 0 aromatic heterocycles. The molecule has 0 spiro atoms. The average Bonchev–Trinajstić information content (AvgIpc) is 3.94. The number of nitrogens with zero attached hydrogens (tertiary/aromatic N) is 4. The topological polar surface area (TPSA) is 128 Å². The Labute approximate surface area is 369 Å². The van der Waals surface area contributed by atoms with Crippen LogP contribution < -0.4 is 10.6 Å². The molecule has 6 rings (SSSR count). The van der Waals surface area contributed by atoms with Crippen LogP contribution in [0.3, 0.4) is 0 Å². The molecule has 0 saturated carbocycles. The Hall–Kier alpha value is -3.22. The van der Waals surface area contributed by atoms with Gasteiger partial charge in [-0.2, -0.15) is 25.3 Å². The number of unbranched alkanes of at least 4 members (excludes halogenated alkanes) is 3. The van der Waals surface area contributed by atoms with Crippen LogP contribution in [0.5, 0.6) is 0 Å². The van der Waals surface area contributed by atoms with Crippen molar-refractivity contribution < 1.29 is 39.5 Å². The number of carbonyl (C=O) groups excluding carboxylic acids is 2. The predicted molar refractivity (Wildman–Crippen MR) is 238 cm³/mol. The quantitative estimate of drug-likeness (QED) is 0.0743. The Morgan fingerprint density at radius 2 is 1.74 bits per heavy atom. The number of carbonyl (C=O) groups is 2. The first-order valence-electron chi connectivity index (χ1n) is 20.8. The van der Waals surface area contributed by atoms with E-state index in [0.29, 0.717) is 49.8 Å². The minimum atomic E-state index is -0.208. The standard InChI is InChI=1S/C45H60N6O4S2.Tc/c1-8-10-11-12-17-55-29(7)42-27(5)35-21-34-26(4)31(13-14-41(54)51(16-19-57)24-40(53)46-15-18-56)44(49-34)32-20-39(52)43-28(6)36(50-45(32)43)22-37-30(9-2)25(3)33(47-37)23-38(42)48-35;/h21-23,26,29,31,49,52,56-57H,8-20,24H2,1-7H3,(H,46,53);/t26-,29?,31-;/m0./s1/i;1+1. The molecule has 13 heteroatoms. The summed E-state index contributed by atoms with van der Waals surface area (Å²) in [6, 6.07) is 0. The SMILES string of the molecule is CCCCCCOC(C)C1=C(C)C2=NC1=CC1=NC(=CC3=C(C)C4=C(O)CC(=C5NC(=C2)[C@@H](C)[C@@H]5CCC(=O)N(CCS)CC(=O)NCCS)C4=N3)C(CC)=C1C.[99Tc]. The molecule has 8 bridgehead atoms. The third-order valence-electron chi connectivity index (χ3n) is 12.0. The Morgan fingerprint density at radius 3 is 2.45 bits per heavy atom. The van der Waals surface area contributed by atoms with Crippen LogP contribution in [0, 0.1) is 11.8 Å². The fraction of sp³-hybridized carbons (Fsp3) is 0.533. The molecule has 1 saturated heterocycles. The van der Waals surface area contributed by atoms with E-state index < -0.39 is 0 Å². The number of fused-ring (bicyclic) bond motifs is 5. The average molecular weight is 912 g/mol. The predicted octanol–water partition coefficient (Wildman–Crippen LogP) is 8.23. The summed E-state index contributed by atoms with van der Waals surface area (Å²) in [5.41, 5.74) is 14.1. The molecule has 1 unspecified atom stereocenters. The zero-order valence-electron chi connectivity index (χ0n) is 35.1. The molecule has 2 amide bonds. The number of ether oxygens (including phenoxy) is 1. The molecule has 10 nitrogen and oxygen atoms in total. The fourth-order valence-corrected chi connectivity index (χ4v) is 9.14. The van der Waals surface area contributed by atoms with Gasteiger partial charge >= 0.3 is 0 Å². The van der Waals surface area contributed by atoms with Crippen LogP contribution in [0.25, 0.3) is 0 Å². The van der Waals surface area contributed by atoms with Gasteiger partial charge in [0, 0.05) is 104 Å². The van der Waals surface area contributed by atoms with E-state index in [-0.39, 0.29) is 62.8 Å². The molecule has 0 aromatic rings.